The van der Waals surface area contributed by atoms with E-state index in [1.807, 2.05) is 24.3 Å². The predicted octanol–water partition coefficient (Wildman–Crippen LogP) is 8.90. The fourth-order valence-corrected chi connectivity index (χ4v) is 4.03. The van der Waals surface area contributed by atoms with Gasteiger partial charge in [-0.1, -0.05) is 59.6 Å². The minimum atomic E-state index is -0.468. The van der Waals surface area contributed by atoms with E-state index in [1.54, 1.807) is 48.5 Å². The summed E-state index contributed by atoms with van der Waals surface area (Å²) in [6.07, 6.45) is 0. The molecule has 0 bridgehead atoms. The van der Waals surface area contributed by atoms with Crippen molar-refractivity contribution in [2.24, 2.45) is 0 Å². The molecule has 0 aromatic heterocycles. The molecular weight excluding hydrogens is 663 g/mol. The van der Waals surface area contributed by atoms with E-state index in [1.165, 1.54) is 12.1 Å². The van der Waals surface area contributed by atoms with Gasteiger partial charge in [0.1, 0.15) is 0 Å². The summed E-state index contributed by atoms with van der Waals surface area (Å²) in [6, 6.07) is 22.9. The maximum atomic E-state index is 11.8. The van der Waals surface area contributed by atoms with Gasteiger partial charge in [0.2, 0.25) is 0 Å². The summed E-state index contributed by atoms with van der Waals surface area (Å²) in [4.78, 5) is 23.6. The van der Waals surface area contributed by atoms with Gasteiger partial charge in [-0.05, 0) is 80.4 Å². The zero-order chi connectivity index (χ0) is 27.7. The van der Waals surface area contributed by atoms with E-state index in [2.05, 4.69) is 53.1 Å². The lowest BCUT2D eigenvalue weighted by Crippen LogP contribution is -2.19. The first-order valence-corrected chi connectivity index (χ1v) is 13.1. The first-order valence-electron chi connectivity index (χ1n) is 10.8. The number of para-hydroxylation sites is 4. The highest BCUT2D eigenvalue weighted by atomic mass is 79.9. The normalized spacial score (nSPS) is 10.0. The molecule has 0 unspecified atom stereocenters. The number of phenolic OH excluding ortho intramolecular Hbond substituents is 2. The van der Waals surface area contributed by atoms with Gasteiger partial charge >= 0.3 is 12.1 Å². The maximum Gasteiger partial charge on any atom is 0.323 e. The Hall–Kier alpha value is -3.44. The van der Waals surface area contributed by atoms with Crippen molar-refractivity contribution in [1.29, 1.82) is 0 Å². The standard InChI is InChI=1S/2C13H10BrClN2O2/c2*14-8-4-1-2-6-10(8)16-13(19)17-11-7-3-5-9(15)12(11)18/h2*1-7,18H,(H2,16,17,19). The highest BCUT2D eigenvalue weighted by Crippen LogP contribution is 2.32. The average Bonchev–Trinajstić information content (AvgIpc) is 2.88. The van der Waals surface area contributed by atoms with Crippen LogP contribution in [0, 0.1) is 0 Å². The third-order valence-corrected chi connectivity index (χ3v) is 6.71. The summed E-state index contributed by atoms with van der Waals surface area (Å²) in [6.45, 7) is 0. The number of aromatic hydroxyl groups is 2. The molecule has 0 fully saturated rings. The minimum Gasteiger partial charge on any atom is -0.504 e. The van der Waals surface area contributed by atoms with Crippen molar-refractivity contribution in [2.45, 2.75) is 0 Å². The molecule has 4 rings (SSSR count). The number of urea groups is 2. The van der Waals surface area contributed by atoms with Crippen molar-refractivity contribution in [3.05, 3.63) is 104 Å². The number of carbonyl (C=O) groups is 2. The number of hydrogen-bond donors (Lipinski definition) is 6. The van der Waals surface area contributed by atoms with Gasteiger partial charge in [0.05, 0.1) is 32.8 Å². The number of carbonyl (C=O) groups excluding carboxylic acids is 2. The van der Waals surface area contributed by atoms with E-state index >= 15 is 0 Å². The van der Waals surface area contributed by atoms with E-state index in [4.69, 9.17) is 23.2 Å². The van der Waals surface area contributed by atoms with Gasteiger partial charge < -0.3 is 31.5 Å². The Morgan fingerprint density at radius 1 is 0.526 bits per heavy atom. The first-order chi connectivity index (χ1) is 18.2. The molecule has 0 atom stereocenters. The van der Waals surface area contributed by atoms with E-state index in [0.717, 1.165) is 8.95 Å². The largest absolute Gasteiger partial charge is 0.504 e. The molecular formula is C26H20Br2Cl2N4O4. The Balaban J connectivity index is 0.000000211. The van der Waals surface area contributed by atoms with Crippen molar-refractivity contribution in [3.63, 3.8) is 0 Å². The van der Waals surface area contributed by atoms with Crippen LogP contribution < -0.4 is 21.3 Å². The lowest BCUT2D eigenvalue weighted by atomic mass is 10.3. The number of amides is 4. The molecule has 8 nitrogen and oxygen atoms in total. The zero-order valence-electron chi connectivity index (χ0n) is 19.3. The number of rotatable bonds is 4. The Labute approximate surface area is 245 Å². The van der Waals surface area contributed by atoms with E-state index in [0.29, 0.717) is 11.4 Å². The van der Waals surface area contributed by atoms with Crippen LogP contribution in [0.2, 0.25) is 10.0 Å². The van der Waals surface area contributed by atoms with Crippen molar-refractivity contribution >= 4 is 89.9 Å². The van der Waals surface area contributed by atoms with Crippen LogP contribution in [0.25, 0.3) is 0 Å². The molecule has 4 amide bonds. The topological polar surface area (TPSA) is 123 Å². The van der Waals surface area contributed by atoms with Gasteiger partial charge in [0.25, 0.3) is 0 Å². The maximum absolute atomic E-state index is 11.8. The van der Waals surface area contributed by atoms with Crippen LogP contribution in [-0.4, -0.2) is 22.3 Å². The number of anilines is 4. The average molecular weight is 683 g/mol. The fraction of sp³-hybridized carbons (Fsp3) is 0. The van der Waals surface area contributed by atoms with Crippen molar-refractivity contribution in [3.8, 4) is 11.5 Å². The van der Waals surface area contributed by atoms with Crippen LogP contribution in [0.3, 0.4) is 0 Å². The van der Waals surface area contributed by atoms with Gasteiger partial charge in [0.15, 0.2) is 11.5 Å². The van der Waals surface area contributed by atoms with Crippen LogP contribution in [-0.2, 0) is 0 Å². The molecule has 0 aliphatic carbocycles. The Bertz CT molecular complexity index is 1350. The SMILES string of the molecule is O=C(Nc1ccccc1Br)Nc1cccc(Cl)c1O.O=C(Nc1ccccc1Br)Nc1cccc(Cl)c1O. The molecule has 12 heteroatoms. The van der Waals surface area contributed by atoms with Gasteiger partial charge in [-0.3, -0.25) is 0 Å². The Kier molecular flexibility index (Phi) is 10.7. The number of halogens is 4. The molecule has 0 heterocycles. The number of benzene rings is 4. The summed E-state index contributed by atoms with van der Waals surface area (Å²) in [5.41, 5.74) is 1.75. The van der Waals surface area contributed by atoms with Gasteiger partial charge in [-0.15, -0.1) is 0 Å². The van der Waals surface area contributed by atoms with Gasteiger partial charge in [-0.2, -0.15) is 0 Å². The van der Waals surface area contributed by atoms with Gasteiger partial charge in [-0.25, -0.2) is 9.59 Å². The second-order valence-corrected chi connectivity index (χ2v) is 9.91. The summed E-state index contributed by atoms with van der Waals surface area (Å²) in [5.74, 6) is -0.321. The van der Waals surface area contributed by atoms with E-state index in [-0.39, 0.29) is 32.9 Å². The smallest absolute Gasteiger partial charge is 0.323 e. The fourth-order valence-electron chi connectivity index (χ4n) is 2.91. The third kappa shape index (κ3) is 8.29. The van der Waals surface area contributed by atoms with Crippen molar-refractivity contribution < 1.29 is 19.8 Å². The molecule has 0 aliphatic heterocycles. The second kappa shape index (κ2) is 13.9. The summed E-state index contributed by atoms with van der Waals surface area (Å²) in [5, 5.41) is 30.1. The molecule has 0 radical (unpaired) electrons. The highest BCUT2D eigenvalue weighted by molar-refractivity contribution is 9.11. The third-order valence-electron chi connectivity index (χ3n) is 4.71. The zero-order valence-corrected chi connectivity index (χ0v) is 24.0. The van der Waals surface area contributed by atoms with E-state index in [9.17, 15) is 19.8 Å². The molecule has 6 N–H and O–H groups in total. The van der Waals surface area contributed by atoms with Crippen molar-refractivity contribution in [1.82, 2.24) is 0 Å². The van der Waals surface area contributed by atoms with Gasteiger partial charge in [0, 0.05) is 8.95 Å². The van der Waals surface area contributed by atoms with Crippen LogP contribution in [0.5, 0.6) is 11.5 Å². The number of hydrogen-bond acceptors (Lipinski definition) is 4. The lowest BCUT2D eigenvalue weighted by Gasteiger charge is -2.10. The van der Waals surface area contributed by atoms with Crippen LogP contribution in [0.15, 0.2) is 93.9 Å². The lowest BCUT2D eigenvalue weighted by molar-refractivity contribution is 0.261. The molecule has 0 saturated heterocycles. The summed E-state index contributed by atoms with van der Waals surface area (Å²) >= 11 is 18.2. The van der Waals surface area contributed by atoms with Crippen molar-refractivity contribution in [2.75, 3.05) is 21.3 Å². The first kappa shape index (κ1) is 29.1. The molecule has 38 heavy (non-hydrogen) atoms. The van der Waals surface area contributed by atoms with Crippen LogP contribution in [0.1, 0.15) is 0 Å². The summed E-state index contributed by atoms with van der Waals surface area (Å²) < 4.78 is 1.53. The molecule has 4 aromatic rings. The molecule has 4 aromatic carbocycles. The van der Waals surface area contributed by atoms with Crippen LogP contribution >= 0.6 is 55.1 Å². The predicted molar refractivity (Wildman–Crippen MR) is 160 cm³/mol. The monoisotopic (exact) mass is 680 g/mol. The highest BCUT2D eigenvalue weighted by Gasteiger charge is 2.11. The second-order valence-electron chi connectivity index (χ2n) is 7.39. The number of nitrogens with one attached hydrogen (secondary N) is 4. The summed E-state index contributed by atoms with van der Waals surface area (Å²) in [7, 11) is 0. The number of phenols is 2. The molecule has 0 saturated carbocycles. The van der Waals surface area contributed by atoms with E-state index < -0.39 is 12.1 Å². The molecule has 196 valence electrons. The Morgan fingerprint density at radius 3 is 1.21 bits per heavy atom. The molecule has 0 spiro atoms. The van der Waals surface area contributed by atoms with Crippen LogP contribution in [0.4, 0.5) is 32.3 Å². The Morgan fingerprint density at radius 2 is 0.842 bits per heavy atom. The quantitative estimate of drug-likeness (QED) is 0.120. The molecule has 0 aliphatic rings. The minimum absolute atomic E-state index is 0.161.